The Balaban J connectivity index is 1.16. The molecule has 0 saturated carbocycles. The van der Waals surface area contributed by atoms with Crippen molar-refractivity contribution in [1.29, 1.82) is 0 Å². The van der Waals surface area contributed by atoms with Gasteiger partial charge in [0.05, 0.1) is 8.22 Å². The van der Waals surface area contributed by atoms with Crippen LogP contribution in [0.15, 0.2) is 192 Å². The summed E-state index contributed by atoms with van der Waals surface area (Å²) in [4.78, 5) is 14.6. The van der Waals surface area contributed by atoms with Crippen LogP contribution in [0, 0.1) is 0 Å². The molecule has 3 heterocycles. The molecule has 5 heteroatoms. The molecule has 0 aliphatic heterocycles. The van der Waals surface area contributed by atoms with Crippen molar-refractivity contribution in [3.8, 4) is 67.5 Å². The Bertz CT molecular complexity index is 3540. The summed E-state index contributed by atoms with van der Waals surface area (Å²) >= 11 is 1.67. The third-order valence-corrected chi connectivity index (χ3v) is 11.2. The van der Waals surface area contributed by atoms with Crippen LogP contribution >= 0.6 is 11.3 Å². The van der Waals surface area contributed by atoms with Gasteiger partial charge in [0, 0.05) is 53.2 Å². The van der Waals surface area contributed by atoms with Crippen LogP contribution < -0.4 is 0 Å². The fourth-order valence-corrected chi connectivity index (χ4v) is 8.44. The average molecular weight is 740 g/mol. The van der Waals surface area contributed by atoms with E-state index in [2.05, 4.69) is 24.3 Å². The SMILES string of the molecule is [2H]c1c([2H])c([2H])c2c(oc3c([2H])c(-c4nc(-c5ccccc5)nc(-c5ccc6c(c5)sc5ccccc56)n4)c([2H])c([2H])c32)c1-c1cc(-c2ccccc2)cc(-c2ccccc2)c1. The third-order valence-electron chi connectivity index (χ3n) is 10.0. The fourth-order valence-electron chi connectivity index (χ4n) is 7.30. The first-order valence-corrected chi connectivity index (χ1v) is 19.0. The van der Waals surface area contributed by atoms with Crippen LogP contribution in [-0.4, -0.2) is 15.0 Å². The first-order valence-electron chi connectivity index (χ1n) is 21.2. The maximum atomic E-state index is 9.66. The van der Waals surface area contributed by atoms with Crippen molar-refractivity contribution in [2.75, 3.05) is 0 Å². The first kappa shape index (κ1) is 26.5. The first-order chi connectivity index (χ1) is 30.2. The topological polar surface area (TPSA) is 51.8 Å². The van der Waals surface area contributed by atoms with Gasteiger partial charge in [-0.25, -0.2) is 15.0 Å². The van der Waals surface area contributed by atoms with Gasteiger partial charge >= 0.3 is 0 Å². The maximum absolute atomic E-state index is 9.66. The summed E-state index contributed by atoms with van der Waals surface area (Å²) in [6.07, 6.45) is 0. The molecule has 8 aromatic carbocycles. The van der Waals surface area contributed by atoms with Gasteiger partial charge in [-0.2, -0.15) is 0 Å². The molecule has 0 bridgehead atoms. The van der Waals surface area contributed by atoms with Crippen LogP contribution in [0.25, 0.3) is 110 Å². The zero-order valence-corrected chi connectivity index (χ0v) is 30.4. The van der Waals surface area contributed by atoms with Gasteiger partial charge in [-0.1, -0.05) is 145 Å². The number of thiophene rings is 1. The highest BCUT2D eigenvalue weighted by atomic mass is 32.1. The van der Waals surface area contributed by atoms with Crippen molar-refractivity contribution in [3.63, 3.8) is 0 Å². The molecule has 0 aliphatic carbocycles. The van der Waals surface area contributed by atoms with Crippen molar-refractivity contribution >= 4 is 53.4 Å². The largest absolute Gasteiger partial charge is 0.455 e. The molecule has 0 aliphatic rings. The van der Waals surface area contributed by atoms with E-state index in [-0.39, 0.29) is 75.1 Å². The summed E-state index contributed by atoms with van der Waals surface area (Å²) in [6, 6.07) is 47.6. The highest BCUT2D eigenvalue weighted by molar-refractivity contribution is 7.25. The Morgan fingerprint density at radius 2 is 1.00 bits per heavy atom. The molecule has 0 atom stereocenters. The number of nitrogens with zero attached hydrogens (tertiary/aromatic N) is 3. The zero-order valence-electron chi connectivity index (χ0n) is 35.6. The Kier molecular flexibility index (Phi) is 6.29. The zero-order chi connectivity index (χ0) is 42.2. The van der Waals surface area contributed by atoms with Crippen LogP contribution in [0.4, 0.5) is 0 Å². The minimum Gasteiger partial charge on any atom is -0.455 e. The minimum atomic E-state index is -0.353. The van der Waals surface area contributed by atoms with E-state index in [1.807, 2.05) is 127 Å². The number of aromatic nitrogens is 3. The summed E-state index contributed by atoms with van der Waals surface area (Å²) in [5.41, 5.74) is 5.88. The Morgan fingerprint density at radius 3 is 1.71 bits per heavy atom. The van der Waals surface area contributed by atoms with Gasteiger partial charge < -0.3 is 4.42 Å². The van der Waals surface area contributed by atoms with Gasteiger partial charge in [-0.15, -0.1) is 11.3 Å². The Morgan fingerprint density at radius 1 is 0.411 bits per heavy atom. The molecule has 11 aromatic rings. The number of benzene rings is 8. The van der Waals surface area contributed by atoms with E-state index in [0.717, 1.165) is 48.0 Å². The van der Waals surface area contributed by atoms with Crippen molar-refractivity contribution < 1.29 is 12.6 Å². The summed E-state index contributed by atoms with van der Waals surface area (Å²) in [6.45, 7) is 0. The highest BCUT2D eigenvalue weighted by Crippen LogP contribution is 2.41. The summed E-state index contributed by atoms with van der Waals surface area (Å²) in [5, 5.41) is 2.42. The number of rotatable bonds is 6. The van der Waals surface area contributed by atoms with Crippen LogP contribution in [0.1, 0.15) is 8.22 Å². The Hall–Kier alpha value is -7.21. The molecule has 0 amide bonds. The molecule has 0 unspecified atom stereocenters. The van der Waals surface area contributed by atoms with E-state index in [4.69, 9.17) is 22.1 Å². The number of hydrogen-bond acceptors (Lipinski definition) is 5. The number of hydrogen-bond donors (Lipinski definition) is 0. The van der Waals surface area contributed by atoms with Gasteiger partial charge in [-0.3, -0.25) is 0 Å². The van der Waals surface area contributed by atoms with E-state index in [1.54, 1.807) is 11.3 Å². The summed E-state index contributed by atoms with van der Waals surface area (Å²) < 4.78 is 64.8. The molecule has 0 fully saturated rings. The molecule has 4 nitrogen and oxygen atoms in total. The lowest BCUT2D eigenvalue weighted by molar-refractivity contribution is 0.670. The van der Waals surface area contributed by atoms with Gasteiger partial charge in [0.15, 0.2) is 17.5 Å². The molecule has 262 valence electrons. The quantitative estimate of drug-likeness (QED) is 0.170. The lowest BCUT2D eigenvalue weighted by atomic mass is 9.92. The molecule has 0 saturated heterocycles. The molecule has 11 rings (SSSR count). The number of fused-ring (bicyclic) bond motifs is 6. The Labute approximate surface area is 335 Å². The van der Waals surface area contributed by atoms with Crippen molar-refractivity contribution in [1.82, 2.24) is 15.0 Å². The molecule has 0 spiro atoms. The van der Waals surface area contributed by atoms with Crippen molar-refractivity contribution in [3.05, 3.63) is 188 Å². The third kappa shape index (κ3) is 5.65. The number of furan rings is 1. The van der Waals surface area contributed by atoms with Gasteiger partial charge in [0.25, 0.3) is 0 Å². The van der Waals surface area contributed by atoms with Crippen LogP contribution in [-0.2, 0) is 0 Å². The summed E-state index contributed by atoms with van der Waals surface area (Å²) in [5.74, 6) is 0.690. The van der Waals surface area contributed by atoms with Crippen LogP contribution in [0.2, 0.25) is 0 Å². The van der Waals surface area contributed by atoms with Crippen LogP contribution in [0.3, 0.4) is 0 Å². The normalized spacial score (nSPS) is 13.1. The van der Waals surface area contributed by atoms with Gasteiger partial charge in [0.2, 0.25) is 0 Å². The lowest BCUT2D eigenvalue weighted by Crippen LogP contribution is -2.00. The fraction of sp³-hybridized carbons (Fsp3) is 0. The monoisotopic (exact) mass is 739 g/mol. The lowest BCUT2D eigenvalue weighted by Gasteiger charge is -2.11. The molecule has 0 N–H and O–H groups in total. The van der Waals surface area contributed by atoms with Crippen LogP contribution in [0.5, 0.6) is 0 Å². The smallest absolute Gasteiger partial charge is 0.164 e. The number of para-hydroxylation sites is 1. The summed E-state index contributed by atoms with van der Waals surface area (Å²) in [7, 11) is 0. The molecule has 3 aromatic heterocycles. The van der Waals surface area contributed by atoms with E-state index >= 15 is 0 Å². The van der Waals surface area contributed by atoms with E-state index in [0.29, 0.717) is 22.8 Å². The molecule has 56 heavy (non-hydrogen) atoms. The van der Waals surface area contributed by atoms with E-state index in [9.17, 15) is 5.48 Å². The average Bonchev–Trinajstić information content (AvgIpc) is 3.90. The second-order valence-electron chi connectivity index (χ2n) is 13.5. The predicted molar refractivity (Wildman–Crippen MR) is 233 cm³/mol. The van der Waals surface area contributed by atoms with Crippen molar-refractivity contribution in [2.45, 2.75) is 0 Å². The highest BCUT2D eigenvalue weighted by Gasteiger charge is 2.18. The molecular weight excluding hydrogens is 703 g/mol. The molecule has 0 radical (unpaired) electrons. The minimum absolute atomic E-state index is 0.0212. The predicted octanol–water partition coefficient (Wildman–Crippen LogP) is 14.1. The standard InChI is InChI=1S/C51H31N3OS/c1-4-13-32(14-5-1)37-27-38(33-15-6-2-7-16-33)29-39(28-37)40-20-12-21-44-41-25-23-35(30-45(41)55-48(40)44)50-52-49(34-17-8-3-9-18-34)53-51(54-50)36-24-26-43-42-19-10-11-22-46(42)56-47(43)31-36/h1-31H/i12D,20D,21D,23D,25D,30D. The second kappa shape index (κ2) is 13.3. The molecular formula is C51H31N3OS. The van der Waals surface area contributed by atoms with Gasteiger partial charge in [-0.05, 0) is 70.2 Å². The second-order valence-corrected chi connectivity index (χ2v) is 14.6. The van der Waals surface area contributed by atoms with E-state index < -0.39 is 0 Å². The maximum Gasteiger partial charge on any atom is 0.164 e. The van der Waals surface area contributed by atoms with E-state index in [1.165, 1.54) is 0 Å². The van der Waals surface area contributed by atoms with Gasteiger partial charge in [0.1, 0.15) is 11.2 Å². The van der Waals surface area contributed by atoms with Crippen molar-refractivity contribution in [2.24, 2.45) is 0 Å².